The number of ether oxygens (including phenoxy) is 2. The summed E-state index contributed by atoms with van der Waals surface area (Å²) in [7, 11) is -4.54. The van der Waals surface area contributed by atoms with Crippen molar-refractivity contribution in [1.29, 1.82) is 0 Å². The lowest BCUT2D eigenvalue weighted by atomic mass is 9.68. The molecule has 4 aromatic carbocycles. The quantitative estimate of drug-likeness (QED) is 0.114. The zero-order valence-electron chi connectivity index (χ0n) is 40.4. The molecule has 2 aliphatic rings. The fraction of sp³-hybridized carbons (Fsp3) is 0.547. The number of rotatable bonds is 16. The molecule has 0 aromatic heterocycles. The number of benzene rings is 4. The van der Waals surface area contributed by atoms with E-state index in [0.717, 1.165) is 69.1 Å². The summed E-state index contributed by atoms with van der Waals surface area (Å²) in [5.41, 5.74) is 1.24. The van der Waals surface area contributed by atoms with Gasteiger partial charge in [0.1, 0.15) is 5.75 Å². The van der Waals surface area contributed by atoms with Crippen LogP contribution in [0.4, 0.5) is 13.2 Å². The third kappa shape index (κ3) is 12.0. The van der Waals surface area contributed by atoms with Crippen molar-refractivity contribution in [3.8, 4) is 11.5 Å². The van der Waals surface area contributed by atoms with Crippen molar-refractivity contribution >= 4 is 19.7 Å². The van der Waals surface area contributed by atoms with Crippen LogP contribution < -0.4 is 9.47 Å². The highest BCUT2D eigenvalue weighted by molar-refractivity contribution is 7.91. The van der Waals surface area contributed by atoms with Gasteiger partial charge in [0, 0.05) is 22.7 Å². The number of aryl methyl sites for hydroxylation is 1. The van der Waals surface area contributed by atoms with Gasteiger partial charge in [-0.05, 0) is 97.3 Å². The number of fused-ring (bicyclic) bond motifs is 2. The van der Waals surface area contributed by atoms with Gasteiger partial charge < -0.3 is 19.7 Å². The lowest BCUT2D eigenvalue weighted by molar-refractivity contribution is 0.0126. The normalized spacial score (nSPS) is 21.0. The Labute approximate surface area is 393 Å². The van der Waals surface area contributed by atoms with Crippen molar-refractivity contribution in [1.82, 2.24) is 0 Å². The molecule has 2 unspecified atom stereocenters. The molecule has 0 fully saturated rings. The number of methoxy groups -OCH3 is 2. The molecule has 66 heavy (non-hydrogen) atoms. The first kappa shape index (κ1) is 54.7. The number of sulfone groups is 2. The highest BCUT2D eigenvalue weighted by Gasteiger charge is 2.51. The Morgan fingerprint density at radius 3 is 1.50 bits per heavy atom. The monoisotopic (exact) mass is 958 g/mol. The smallest absolute Gasteiger partial charge is 0.179 e. The van der Waals surface area contributed by atoms with E-state index >= 15 is 0 Å². The van der Waals surface area contributed by atoms with E-state index in [-0.39, 0.29) is 27.0 Å². The van der Waals surface area contributed by atoms with Crippen LogP contribution in [-0.4, -0.2) is 65.0 Å². The summed E-state index contributed by atoms with van der Waals surface area (Å²) < 4.78 is 107. The molecular weight excluding hydrogens is 886 g/mol. The van der Waals surface area contributed by atoms with Crippen LogP contribution >= 0.6 is 0 Å². The molecule has 6 rings (SSSR count). The minimum absolute atomic E-state index is 0.0773. The zero-order chi connectivity index (χ0) is 49.0. The summed E-state index contributed by atoms with van der Waals surface area (Å²) in [5, 5.41) is 23.8. The minimum Gasteiger partial charge on any atom is -0.497 e. The molecule has 2 N–H and O–H groups in total. The number of hydrogen-bond acceptors (Lipinski definition) is 8. The molecule has 4 atom stereocenters. The van der Waals surface area contributed by atoms with Crippen LogP contribution in [0.3, 0.4) is 0 Å². The molecule has 0 radical (unpaired) electrons. The Morgan fingerprint density at radius 2 is 1.03 bits per heavy atom. The molecule has 2 heterocycles. The summed E-state index contributed by atoms with van der Waals surface area (Å²) >= 11 is 0. The van der Waals surface area contributed by atoms with Gasteiger partial charge in [-0.1, -0.05) is 129 Å². The summed E-state index contributed by atoms with van der Waals surface area (Å²) in [6.45, 7) is 14.1. The van der Waals surface area contributed by atoms with Gasteiger partial charge in [0.15, 0.2) is 42.9 Å². The molecule has 8 nitrogen and oxygen atoms in total. The number of unbranched alkanes of at least 4 members (excludes halogenated alkanes) is 4. The Bertz CT molecular complexity index is 2410. The van der Waals surface area contributed by atoms with Crippen molar-refractivity contribution in [2.75, 3.05) is 25.7 Å². The second-order valence-electron chi connectivity index (χ2n) is 18.0. The van der Waals surface area contributed by atoms with Gasteiger partial charge in [-0.2, -0.15) is 0 Å². The van der Waals surface area contributed by atoms with Gasteiger partial charge in [0.05, 0.1) is 47.7 Å². The van der Waals surface area contributed by atoms with E-state index in [0.29, 0.717) is 53.7 Å². The van der Waals surface area contributed by atoms with Crippen molar-refractivity contribution in [2.24, 2.45) is 10.8 Å². The zero-order valence-corrected chi connectivity index (χ0v) is 42.1. The second kappa shape index (κ2) is 23.9. The molecule has 0 aliphatic carbocycles. The van der Waals surface area contributed by atoms with Gasteiger partial charge in [-0.25, -0.2) is 30.0 Å². The van der Waals surface area contributed by atoms with Gasteiger partial charge in [-0.3, -0.25) is 0 Å². The standard InChI is InChI=1S/C26H35FO4S.C25H32F2O4S.C2H6/c1-5-7-13-26(14-8-6-2)17-32(29,30)23-12-9-18(3)15-20(23)24(25(26)28)19-10-11-21(27)22(16-19)31-4;1-4-6-12-25(13-7-5-2)16-32(29,30)22-15-18(31-3)9-10-19(22)23(24(25)28)17-8-11-20(26)21(27)14-17;1-2/h9-12,15-16,24-25,28H,5-8,13-14,17H2,1-4H3;8-11,14-15,23-24,28H,4-7,12-13,16H2,1-3H3;1-2H3/t24-,25?;23-,24?;/m11./s1. The molecule has 0 amide bonds. The van der Waals surface area contributed by atoms with Crippen molar-refractivity contribution in [2.45, 2.75) is 159 Å². The van der Waals surface area contributed by atoms with Gasteiger partial charge in [0.25, 0.3) is 0 Å². The summed E-state index contributed by atoms with van der Waals surface area (Å²) in [5.74, 6) is -3.69. The summed E-state index contributed by atoms with van der Waals surface area (Å²) in [4.78, 5) is 0.353. The highest BCUT2D eigenvalue weighted by Crippen LogP contribution is 2.52. The molecule has 2 aliphatic heterocycles. The van der Waals surface area contributed by atoms with Crippen LogP contribution in [0.1, 0.15) is 158 Å². The minimum atomic E-state index is -3.78. The van der Waals surface area contributed by atoms with E-state index in [1.54, 1.807) is 36.4 Å². The Balaban J connectivity index is 0.000000278. The third-order valence-electron chi connectivity index (χ3n) is 13.5. The maximum absolute atomic E-state index is 14.2. The molecule has 0 saturated carbocycles. The Hall–Kier alpha value is -3.91. The van der Waals surface area contributed by atoms with Crippen molar-refractivity contribution < 1.29 is 49.7 Å². The average Bonchev–Trinajstić information content (AvgIpc) is 3.42. The number of aliphatic hydroxyl groups excluding tert-OH is 2. The third-order valence-corrected chi connectivity index (χ3v) is 17.5. The largest absolute Gasteiger partial charge is 0.497 e. The predicted molar refractivity (Wildman–Crippen MR) is 258 cm³/mol. The fourth-order valence-electron chi connectivity index (χ4n) is 10.0. The first-order valence-electron chi connectivity index (χ1n) is 23.8. The highest BCUT2D eigenvalue weighted by atomic mass is 32.2. The van der Waals surface area contributed by atoms with Crippen LogP contribution in [0.15, 0.2) is 82.6 Å². The fourth-order valence-corrected chi connectivity index (χ4v) is 14.5. The van der Waals surface area contributed by atoms with Gasteiger partial charge >= 0.3 is 0 Å². The van der Waals surface area contributed by atoms with Crippen LogP contribution in [0, 0.1) is 35.2 Å². The molecule has 0 saturated heterocycles. The molecule has 4 aromatic rings. The van der Waals surface area contributed by atoms with Crippen molar-refractivity contribution in [3.05, 3.63) is 118 Å². The Kier molecular flexibility index (Phi) is 19.8. The molecule has 366 valence electrons. The van der Waals surface area contributed by atoms with E-state index in [4.69, 9.17) is 9.47 Å². The van der Waals surface area contributed by atoms with Crippen LogP contribution in [0.25, 0.3) is 0 Å². The number of aliphatic hydroxyl groups is 2. The topological polar surface area (TPSA) is 127 Å². The van der Waals surface area contributed by atoms with E-state index in [1.807, 2.05) is 40.7 Å². The van der Waals surface area contributed by atoms with E-state index < -0.39 is 72.0 Å². The van der Waals surface area contributed by atoms with Gasteiger partial charge in [-0.15, -0.1) is 0 Å². The average molecular weight is 959 g/mol. The first-order valence-corrected chi connectivity index (χ1v) is 27.1. The number of halogens is 3. The maximum atomic E-state index is 14.2. The molecular formula is C53H73F3O8S2. The summed E-state index contributed by atoms with van der Waals surface area (Å²) in [6.07, 6.45) is 7.10. The molecule has 0 bridgehead atoms. The lowest BCUT2D eigenvalue weighted by Crippen LogP contribution is -2.43. The predicted octanol–water partition coefficient (Wildman–Crippen LogP) is 12.4. The first-order chi connectivity index (χ1) is 31.4. The molecule has 0 spiro atoms. The van der Waals surface area contributed by atoms with E-state index in [2.05, 4.69) is 13.8 Å². The SMILES string of the molecule is CC.CCCCC1(CCCC)CS(=O)(=O)c2cc(OC)ccc2[C@@H](c2ccc(F)c(F)c2)C1O.CCCCC1(CCCC)CS(=O)(=O)c2ccc(C)cc2[C@@H](c2ccc(F)c(OC)c2)C1O. The lowest BCUT2D eigenvalue weighted by Gasteiger charge is -2.40. The summed E-state index contributed by atoms with van der Waals surface area (Å²) in [6, 6.07) is 18.1. The van der Waals surface area contributed by atoms with E-state index in [9.17, 15) is 40.2 Å². The van der Waals surface area contributed by atoms with Crippen LogP contribution in [-0.2, 0) is 19.7 Å². The number of hydrogen-bond donors (Lipinski definition) is 2. The van der Waals surface area contributed by atoms with E-state index in [1.165, 1.54) is 32.4 Å². The van der Waals surface area contributed by atoms with Crippen molar-refractivity contribution in [3.63, 3.8) is 0 Å². The van der Waals surface area contributed by atoms with Crippen LogP contribution in [0.5, 0.6) is 11.5 Å². The second-order valence-corrected chi connectivity index (χ2v) is 21.9. The van der Waals surface area contributed by atoms with Crippen LogP contribution in [0.2, 0.25) is 0 Å². The van der Waals surface area contributed by atoms with Gasteiger partial charge in [0.2, 0.25) is 0 Å². The maximum Gasteiger partial charge on any atom is 0.179 e. The Morgan fingerprint density at radius 1 is 0.561 bits per heavy atom. The molecule has 13 heteroatoms.